The molecule has 5 heteroatoms. The van der Waals surface area contributed by atoms with E-state index < -0.39 is 12.9 Å². The Bertz CT molecular complexity index is 435. The predicted octanol–water partition coefficient (Wildman–Crippen LogP) is 1.13. The highest BCUT2D eigenvalue weighted by molar-refractivity contribution is 6.58. The first-order valence-corrected chi connectivity index (χ1v) is 6.86. The summed E-state index contributed by atoms with van der Waals surface area (Å²) in [5, 5.41) is 18.3. The van der Waals surface area contributed by atoms with Crippen LogP contribution in [-0.2, 0) is 6.54 Å². The summed E-state index contributed by atoms with van der Waals surface area (Å²) in [6.07, 6.45) is 2.45. The molecule has 2 rings (SSSR count). The zero-order valence-corrected chi connectivity index (χ0v) is 11.5. The van der Waals surface area contributed by atoms with Gasteiger partial charge in [0.15, 0.2) is 0 Å². The molecule has 0 spiro atoms. The molecule has 0 aromatic heterocycles. The molecule has 3 nitrogen and oxygen atoms in total. The monoisotopic (exact) mass is 265 g/mol. The summed E-state index contributed by atoms with van der Waals surface area (Å²) >= 11 is 0. The molecule has 1 aromatic carbocycles. The minimum absolute atomic E-state index is 0.0437. The van der Waals surface area contributed by atoms with E-state index in [-0.39, 0.29) is 5.46 Å². The highest BCUT2D eigenvalue weighted by atomic mass is 19.1. The van der Waals surface area contributed by atoms with Crippen LogP contribution in [0.15, 0.2) is 18.2 Å². The van der Waals surface area contributed by atoms with Crippen LogP contribution in [0.4, 0.5) is 4.39 Å². The van der Waals surface area contributed by atoms with Gasteiger partial charge in [-0.3, -0.25) is 4.90 Å². The van der Waals surface area contributed by atoms with Gasteiger partial charge in [0.25, 0.3) is 0 Å². The van der Waals surface area contributed by atoms with Crippen molar-refractivity contribution in [3.8, 4) is 0 Å². The molecule has 0 bridgehead atoms. The van der Waals surface area contributed by atoms with E-state index in [1.807, 2.05) is 0 Å². The average Bonchev–Trinajstić information content (AvgIpc) is 3.13. The van der Waals surface area contributed by atoms with Crippen LogP contribution < -0.4 is 5.46 Å². The first-order chi connectivity index (χ1) is 8.97. The van der Waals surface area contributed by atoms with Crippen LogP contribution in [0.2, 0.25) is 0 Å². The maximum absolute atomic E-state index is 13.4. The third-order valence-corrected chi connectivity index (χ3v) is 3.39. The smallest absolute Gasteiger partial charge is 0.423 e. The van der Waals surface area contributed by atoms with Crippen LogP contribution in [0.3, 0.4) is 0 Å². The number of halogens is 1. The topological polar surface area (TPSA) is 43.7 Å². The molecular weight excluding hydrogens is 244 g/mol. The van der Waals surface area contributed by atoms with Crippen LogP contribution in [0.5, 0.6) is 0 Å². The average molecular weight is 265 g/mol. The lowest BCUT2D eigenvalue weighted by molar-refractivity contribution is 0.226. The summed E-state index contributed by atoms with van der Waals surface area (Å²) in [6.45, 7) is 6.12. The van der Waals surface area contributed by atoms with E-state index >= 15 is 0 Å². The molecular formula is C14H21BFNO2. The normalized spacial score (nSPS) is 15.3. The maximum atomic E-state index is 13.4. The van der Waals surface area contributed by atoms with Gasteiger partial charge in [-0.25, -0.2) is 4.39 Å². The zero-order chi connectivity index (χ0) is 14.0. The lowest BCUT2D eigenvalue weighted by Gasteiger charge is -2.24. The molecule has 1 aliphatic rings. The maximum Gasteiger partial charge on any atom is 0.491 e. The van der Waals surface area contributed by atoms with Gasteiger partial charge in [-0.15, -0.1) is 0 Å². The van der Waals surface area contributed by atoms with E-state index in [2.05, 4.69) is 18.7 Å². The van der Waals surface area contributed by atoms with Crippen molar-refractivity contribution in [2.24, 2.45) is 5.92 Å². The van der Waals surface area contributed by atoms with E-state index in [0.717, 1.165) is 18.7 Å². The summed E-state index contributed by atoms with van der Waals surface area (Å²) < 4.78 is 13.4. The SMILES string of the molecule is CC(C)CN(Cc1ccc(F)c(B(O)O)c1)C1CC1. The van der Waals surface area contributed by atoms with E-state index in [1.165, 1.54) is 18.9 Å². The summed E-state index contributed by atoms with van der Waals surface area (Å²) in [6, 6.07) is 5.21. The lowest BCUT2D eigenvalue weighted by atomic mass is 9.79. The minimum atomic E-state index is -1.75. The molecule has 0 aliphatic heterocycles. The molecule has 19 heavy (non-hydrogen) atoms. The van der Waals surface area contributed by atoms with Gasteiger partial charge < -0.3 is 10.0 Å². The Morgan fingerprint density at radius 2 is 2.05 bits per heavy atom. The van der Waals surface area contributed by atoms with E-state index in [1.54, 1.807) is 12.1 Å². The van der Waals surface area contributed by atoms with E-state index in [4.69, 9.17) is 10.0 Å². The fraction of sp³-hybridized carbons (Fsp3) is 0.571. The van der Waals surface area contributed by atoms with Crippen molar-refractivity contribution in [1.82, 2.24) is 4.90 Å². The molecule has 0 amide bonds. The first kappa shape index (κ1) is 14.5. The third kappa shape index (κ3) is 4.03. The van der Waals surface area contributed by atoms with Gasteiger partial charge in [-0.1, -0.05) is 26.0 Å². The van der Waals surface area contributed by atoms with Crippen LogP contribution >= 0.6 is 0 Å². The number of hydrogen-bond acceptors (Lipinski definition) is 3. The fourth-order valence-corrected chi connectivity index (χ4v) is 2.38. The number of hydrogen-bond donors (Lipinski definition) is 2. The summed E-state index contributed by atoms with van der Waals surface area (Å²) in [4.78, 5) is 2.39. The summed E-state index contributed by atoms with van der Waals surface area (Å²) in [5.41, 5.74) is 0.884. The van der Waals surface area contributed by atoms with Crippen LogP contribution in [0, 0.1) is 11.7 Å². The third-order valence-electron chi connectivity index (χ3n) is 3.39. The largest absolute Gasteiger partial charge is 0.491 e. The first-order valence-electron chi connectivity index (χ1n) is 6.86. The van der Waals surface area contributed by atoms with Gasteiger partial charge in [0.2, 0.25) is 0 Å². The predicted molar refractivity (Wildman–Crippen MR) is 74.5 cm³/mol. The molecule has 1 aromatic rings. The Balaban J connectivity index is 2.10. The highest BCUT2D eigenvalue weighted by Gasteiger charge is 2.29. The molecule has 1 aliphatic carbocycles. The van der Waals surface area contributed by atoms with Gasteiger partial charge in [0.1, 0.15) is 5.82 Å². The minimum Gasteiger partial charge on any atom is -0.423 e. The second-order valence-electron chi connectivity index (χ2n) is 5.78. The van der Waals surface area contributed by atoms with Gasteiger partial charge >= 0.3 is 7.12 Å². The van der Waals surface area contributed by atoms with Gasteiger partial charge in [-0.05, 0) is 30.4 Å². The van der Waals surface area contributed by atoms with Crippen LogP contribution in [-0.4, -0.2) is 34.7 Å². The Kier molecular flexibility index (Phi) is 4.60. The molecule has 0 atom stereocenters. The van der Waals surface area contributed by atoms with Crippen molar-refractivity contribution in [2.45, 2.75) is 39.3 Å². The number of benzene rings is 1. The molecule has 0 unspecified atom stereocenters. The van der Waals surface area contributed by atoms with Gasteiger partial charge in [0, 0.05) is 24.6 Å². The number of rotatable bonds is 6. The summed E-state index contributed by atoms with van der Waals surface area (Å²) in [7, 11) is -1.75. The second-order valence-corrected chi connectivity index (χ2v) is 5.78. The lowest BCUT2D eigenvalue weighted by Crippen LogP contribution is -2.34. The number of nitrogens with zero attached hydrogens (tertiary/aromatic N) is 1. The Hall–Kier alpha value is -0.905. The van der Waals surface area contributed by atoms with Crippen molar-refractivity contribution in [3.63, 3.8) is 0 Å². The molecule has 0 heterocycles. The van der Waals surface area contributed by atoms with Gasteiger partial charge in [-0.2, -0.15) is 0 Å². The quantitative estimate of drug-likeness (QED) is 0.758. The standard InChI is InChI=1S/C14H21BFNO2/c1-10(2)8-17(12-4-5-12)9-11-3-6-14(16)13(7-11)15(18)19/h3,6-7,10,12,18-19H,4-5,8-9H2,1-2H3. The van der Waals surface area contributed by atoms with Crippen LogP contribution in [0.25, 0.3) is 0 Å². The van der Waals surface area contributed by atoms with E-state index in [9.17, 15) is 4.39 Å². The van der Waals surface area contributed by atoms with Crippen molar-refractivity contribution in [3.05, 3.63) is 29.6 Å². The molecule has 2 N–H and O–H groups in total. The Morgan fingerprint density at radius 1 is 1.37 bits per heavy atom. The highest BCUT2D eigenvalue weighted by Crippen LogP contribution is 2.28. The molecule has 1 fully saturated rings. The zero-order valence-electron chi connectivity index (χ0n) is 11.5. The van der Waals surface area contributed by atoms with Crippen LogP contribution in [0.1, 0.15) is 32.3 Å². The fourth-order valence-electron chi connectivity index (χ4n) is 2.38. The van der Waals surface area contributed by atoms with Gasteiger partial charge in [0.05, 0.1) is 0 Å². The molecule has 0 radical (unpaired) electrons. The summed E-state index contributed by atoms with van der Waals surface area (Å²) in [5.74, 6) is 0.0181. The van der Waals surface area contributed by atoms with Crippen molar-refractivity contribution < 1.29 is 14.4 Å². The molecule has 1 saturated carbocycles. The second kappa shape index (κ2) is 6.03. The van der Waals surface area contributed by atoms with Crippen molar-refractivity contribution in [1.29, 1.82) is 0 Å². The van der Waals surface area contributed by atoms with Crippen molar-refractivity contribution >= 4 is 12.6 Å². The Labute approximate surface area is 114 Å². The molecule has 104 valence electrons. The van der Waals surface area contributed by atoms with Crippen molar-refractivity contribution in [2.75, 3.05) is 6.54 Å². The molecule has 0 saturated heterocycles. The van der Waals surface area contributed by atoms with E-state index in [0.29, 0.717) is 12.0 Å². The Morgan fingerprint density at radius 3 is 2.58 bits per heavy atom.